The van der Waals surface area contributed by atoms with E-state index in [9.17, 15) is 4.79 Å². The maximum absolute atomic E-state index is 11.5. The quantitative estimate of drug-likeness (QED) is 0.825. The maximum Gasteiger partial charge on any atom is 0.224 e. The zero-order chi connectivity index (χ0) is 15.2. The number of carbonyl (C=O) groups excluding carboxylic acids is 1. The molecule has 2 aromatic rings. The number of hydrogen-bond acceptors (Lipinski definition) is 3. The molecule has 4 nitrogen and oxygen atoms in total. The summed E-state index contributed by atoms with van der Waals surface area (Å²) in [6.45, 7) is 1.96. The van der Waals surface area contributed by atoms with Crippen molar-refractivity contribution in [2.24, 2.45) is 0 Å². The second-order valence-electron chi connectivity index (χ2n) is 4.46. The van der Waals surface area contributed by atoms with Crippen molar-refractivity contribution in [2.75, 3.05) is 10.6 Å². The lowest BCUT2D eigenvalue weighted by atomic mass is 10.3. The fourth-order valence-corrected chi connectivity index (χ4v) is 2.08. The molecule has 110 valence electrons. The monoisotopic (exact) mass is 323 g/mol. The number of aromatic nitrogens is 1. The van der Waals surface area contributed by atoms with Crippen molar-refractivity contribution < 1.29 is 4.79 Å². The van der Waals surface area contributed by atoms with E-state index >= 15 is 0 Å². The van der Waals surface area contributed by atoms with E-state index in [1.165, 1.54) is 0 Å². The Bertz CT molecular complexity index is 629. The number of benzene rings is 1. The van der Waals surface area contributed by atoms with E-state index in [0.29, 0.717) is 33.7 Å². The normalized spacial score (nSPS) is 10.2. The smallest absolute Gasteiger partial charge is 0.224 e. The predicted molar refractivity (Wildman–Crippen MR) is 87.5 cm³/mol. The highest BCUT2D eigenvalue weighted by atomic mass is 35.5. The van der Waals surface area contributed by atoms with Gasteiger partial charge in [0, 0.05) is 6.42 Å². The number of hydrogen-bond donors (Lipinski definition) is 2. The zero-order valence-electron chi connectivity index (χ0n) is 11.5. The van der Waals surface area contributed by atoms with E-state index in [1.54, 1.807) is 30.5 Å². The second-order valence-corrected chi connectivity index (χ2v) is 5.24. The van der Waals surface area contributed by atoms with Gasteiger partial charge in [-0.2, -0.15) is 0 Å². The molecular formula is C15H15Cl2N3O. The topological polar surface area (TPSA) is 54.0 Å². The third-order valence-electron chi connectivity index (χ3n) is 2.74. The molecule has 1 aromatic heterocycles. The van der Waals surface area contributed by atoms with Gasteiger partial charge in [-0.15, -0.1) is 0 Å². The Kier molecular flexibility index (Phi) is 5.42. The highest BCUT2D eigenvalue weighted by Gasteiger charge is 2.06. The molecule has 0 saturated carbocycles. The van der Waals surface area contributed by atoms with Gasteiger partial charge >= 0.3 is 0 Å². The molecule has 0 saturated heterocycles. The van der Waals surface area contributed by atoms with Crippen LogP contribution in [0.4, 0.5) is 17.2 Å². The van der Waals surface area contributed by atoms with Crippen molar-refractivity contribution in [1.29, 1.82) is 0 Å². The highest BCUT2D eigenvalue weighted by molar-refractivity contribution is 6.43. The van der Waals surface area contributed by atoms with Gasteiger partial charge in [0.2, 0.25) is 5.91 Å². The van der Waals surface area contributed by atoms with Gasteiger partial charge in [-0.3, -0.25) is 4.79 Å². The number of pyridine rings is 1. The Morgan fingerprint density at radius 2 is 2.05 bits per heavy atom. The average Bonchev–Trinajstić information content (AvgIpc) is 2.46. The minimum absolute atomic E-state index is 0.0158. The molecule has 0 aliphatic heterocycles. The summed E-state index contributed by atoms with van der Waals surface area (Å²) in [5.41, 5.74) is 1.34. The molecule has 0 fully saturated rings. The summed E-state index contributed by atoms with van der Waals surface area (Å²) in [6, 6.07) is 8.87. The molecule has 2 rings (SSSR count). The highest BCUT2D eigenvalue weighted by Crippen LogP contribution is 2.31. The summed E-state index contributed by atoms with van der Waals surface area (Å²) in [7, 11) is 0. The summed E-state index contributed by atoms with van der Waals surface area (Å²) in [4.78, 5) is 15.7. The SMILES string of the molecule is CCCC(=O)Nc1ccc(Nc2cccc(Cl)c2Cl)nc1. The molecule has 6 heteroatoms. The van der Waals surface area contributed by atoms with Crippen LogP contribution in [0.25, 0.3) is 0 Å². The van der Waals surface area contributed by atoms with Crippen molar-refractivity contribution in [2.45, 2.75) is 19.8 Å². The first-order valence-electron chi connectivity index (χ1n) is 6.57. The Balaban J connectivity index is 2.05. The molecule has 21 heavy (non-hydrogen) atoms. The van der Waals surface area contributed by atoms with Crippen LogP contribution in [0.15, 0.2) is 36.5 Å². The lowest BCUT2D eigenvalue weighted by molar-refractivity contribution is -0.116. The molecule has 1 amide bonds. The number of amides is 1. The second kappa shape index (κ2) is 7.29. The van der Waals surface area contributed by atoms with Crippen molar-refractivity contribution in [1.82, 2.24) is 4.98 Å². The molecule has 2 N–H and O–H groups in total. The fraction of sp³-hybridized carbons (Fsp3) is 0.200. The summed E-state index contributed by atoms with van der Waals surface area (Å²) in [5.74, 6) is 0.602. The minimum atomic E-state index is -0.0158. The minimum Gasteiger partial charge on any atom is -0.339 e. The first kappa shape index (κ1) is 15.6. The van der Waals surface area contributed by atoms with Gasteiger partial charge in [0.25, 0.3) is 0 Å². The number of halogens is 2. The average molecular weight is 324 g/mol. The molecule has 1 aromatic carbocycles. The van der Waals surface area contributed by atoms with Gasteiger partial charge in [0.15, 0.2) is 0 Å². The van der Waals surface area contributed by atoms with E-state index in [1.807, 2.05) is 13.0 Å². The van der Waals surface area contributed by atoms with Crippen LogP contribution >= 0.6 is 23.2 Å². The number of carbonyl (C=O) groups is 1. The number of nitrogens with one attached hydrogen (secondary N) is 2. The summed E-state index contributed by atoms with van der Waals surface area (Å²) in [6.07, 6.45) is 2.90. The summed E-state index contributed by atoms with van der Waals surface area (Å²) in [5, 5.41) is 6.78. The Labute approximate surface area is 133 Å². The van der Waals surface area contributed by atoms with Crippen LogP contribution in [0.1, 0.15) is 19.8 Å². The maximum atomic E-state index is 11.5. The molecule has 0 spiro atoms. The first-order chi connectivity index (χ1) is 10.1. The lowest BCUT2D eigenvalue weighted by Crippen LogP contribution is -2.10. The van der Waals surface area contributed by atoms with Crippen LogP contribution in [0.2, 0.25) is 10.0 Å². The lowest BCUT2D eigenvalue weighted by Gasteiger charge is -2.09. The molecule has 0 aliphatic rings. The fourth-order valence-electron chi connectivity index (χ4n) is 1.73. The van der Waals surface area contributed by atoms with E-state index in [4.69, 9.17) is 23.2 Å². The Morgan fingerprint density at radius 3 is 2.71 bits per heavy atom. The van der Waals surface area contributed by atoms with Crippen LogP contribution in [-0.2, 0) is 4.79 Å². The van der Waals surface area contributed by atoms with Crippen LogP contribution in [0.5, 0.6) is 0 Å². The van der Waals surface area contributed by atoms with Crippen LogP contribution in [0, 0.1) is 0 Å². The number of rotatable bonds is 5. The van der Waals surface area contributed by atoms with E-state index in [0.717, 1.165) is 6.42 Å². The molecule has 0 bridgehead atoms. The third-order valence-corrected chi connectivity index (χ3v) is 3.56. The standard InChI is InChI=1S/C15H15Cl2N3O/c1-2-4-14(21)19-10-7-8-13(18-9-10)20-12-6-3-5-11(16)15(12)17/h3,5-9H,2,4H2,1H3,(H,18,20)(H,19,21). The summed E-state index contributed by atoms with van der Waals surface area (Å²) >= 11 is 12.1. The van der Waals surface area contributed by atoms with Gasteiger partial charge in [-0.25, -0.2) is 4.98 Å². The first-order valence-corrected chi connectivity index (χ1v) is 7.32. The van der Waals surface area contributed by atoms with E-state index < -0.39 is 0 Å². The van der Waals surface area contributed by atoms with Crippen molar-refractivity contribution in [3.8, 4) is 0 Å². The van der Waals surface area contributed by atoms with Crippen molar-refractivity contribution in [3.63, 3.8) is 0 Å². The Hall–Kier alpha value is -1.78. The molecule has 0 radical (unpaired) electrons. The Morgan fingerprint density at radius 1 is 1.24 bits per heavy atom. The number of nitrogens with zero attached hydrogens (tertiary/aromatic N) is 1. The van der Waals surface area contributed by atoms with Crippen LogP contribution in [-0.4, -0.2) is 10.9 Å². The van der Waals surface area contributed by atoms with Gasteiger partial charge in [0.1, 0.15) is 5.82 Å². The van der Waals surface area contributed by atoms with Crippen LogP contribution in [0.3, 0.4) is 0 Å². The number of anilines is 3. The van der Waals surface area contributed by atoms with E-state index in [2.05, 4.69) is 15.6 Å². The molecule has 0 aliphatic carbocycles. The molecule has 0 atom stereocenters. The summed E-state index contributed by atoms with van der Waals surface area (Å²) < 4.78 is 0. The van der Waals surface area contributed by atoms with Crippen molar-refractivity contribution in [3.05, 3.63) is 46.6 Å². The largest absolute Gasteiger partial charge is 0.339 e. The van der Waals surface area contributed by atoms with Gasteiger partial charge < -0.3 is 10.6 Å². The van der Waals surface area contributed by atoms with Gasteiger partial charge in [-0.1, -0.05) is 36.2 Å². The predicted octanol–water partition coefficient (Wildman–Crippen LogP) is 4.87. The van der Waals surface area contributed by atoms with Crippen molar-refractivity contribution >= 4 is 46.3 Å². The van der Waals surface area contributed by atoms with Crippen LogP contribution < -0.4 is 10.6 Å². The molecule has 0 unspecified atom stereocenters. The van der Waals surface area contributed by atoms with Gasteiger partial charge in [0.05, 0.1) is 27.6 Å². The third kappa shape index (κ3) is 4.34. The zero-order valence-corrected chi connectivity index (χ0v) is 13.0. The van der Waals surface area contributed by atoms with E-state index in [-0.39, 0.29) is 5.91 Å². The van der Waals surface area contributed by atoms with Gasteiger partial charge in [-0.05, 0) is 30.7 Å². The molecule has 1 heterocycles. The molecular weight excluding hydrogens is 309 g/mol.